The molecule has 0 amide bonds. The maximum Gasteiger partial charge on any atom is 0.149 e. The molecule has 1 aliphatic carbocycles. The Labute approximate surface area is 300 Å². The van der Waals surface area contributed by atoms with Gasteiger partial charge in [0.2, 0.25) is 0 Å². The number of nitrogens with zero attached hydrogens (tertiary/aromatic N) is 3. The summed E-state index contributed by atoms with van der Waals surface area (Å²) in [5, 5.41) is 13.4. The first-order valence-corrected chi connectivity index (χ1v) is 16.5. The molecular weight excluding hydrogens is 786 g/mol. The zero-order chi connectivity index (χ0) is 32.6. The number of hydrogen-bond donors (Lipinski definition) is 1. The van der Waals surface area contributed by atoms with Gasteiger partial charge >= 0.3 is 0 Å². The van der Waals surface area contributed by atoms with E-state index in [0.29, 0.717) is 17.3 Å². The summed E-state index contributed by atoms with van der Waals surface area (Å²) in [6.45, 7) is 6.66. The summed E-state index contributed by atoms with van der Waals surface area (Å²) in [6.07, 6.45) is 0.888. The summed E-state index contributed by atoms with van der Waals surface area (Å²) in [4.78, 5) is 10.4. The molecule has 9 rings (SSSR count). The minimum Gasteiger partial charge on any atom is -0.507 e. The van der Waals surface area contributed by atoms with Crippen LogP contribution in [0.1, 0.15) is 49.1 Å². The van der Waals surface area contributed by atoms with E-state index in [1.807, 2.05) is 36.4 Å². The van der Waals surface area contributed by atoms with Crippen molar-refractivity contribution in [2.24, 2.45) is 4.99 Å². The van der Waals surface area contributed by atoms with E-state index < -0.39 is 0 Å². The number of imidazole rings is 1. The van der Waals surface area contributed by atoms with Crippen molar-refractivity contribution in [3.8, 4) is 34.0 Å². The van der Waals surface area contributed by atoms with Gasteiger partial charge in [-0.3, -0.25) is 9.56 Å². The van der Waals surface area contributed by atoms with Gasteiger partial charge < -0.3 is 9.84 Å². The second-order valence-corrected chi connectivity index (χ2v) is 13.8. The van der Waals surface area contributed by atoms with Crippen LogP contribution in [0.25, 0.3) is 50.0 Å². The number of phenols is 1. The van der Waals surface area contributed by atoms with Crippen LogP contribution in [-0.2, 0) is 37.6 Å². The average Bonchev–Trinajstić information content (AvgIpc) is 3.79. The fourth-order valence-corrected chi connectivity index (χ4v) is 7.33. The Kier molecular flexibility index (Phi) is 7.57. The molecule has 2 aliphatic rings. The smallest absolute Gasteiger partial charge is 0.149 e. The molecule has 244 valence electrons. The number of aromatic nitrogens is 2. The molecule has 0 spiro atoms. The molecule has 0 fully saturated rings. The molecule has 0 saturated carbocycles. The summed E-state index contributed by atoms with van der Waals surface area (Å²) in [5.74, 6) is 1.51. The monoisotopic (exact) mass is 819 g/mol. The van der Waals surface area contributed by atoms with E-state index in [1.54, 1.807) is 6.07 Å². The molecular formula is C43H34N3O2Pt-. The standard InChI is InChI=1S/C43H34N3O2.Pt/c1-43(2,3)30-19-21-31(22-20-30)46-35-17-9-16-33(39(35)44-41(46)38-32-14-6-4-10-26(32)18-23-36(38)47)27-12-8-13-29(24-27)42-45-40-34-15-7-5-11-28(34)25-37(40)48-42;/h4-23,37,40,47H,25H2,1-3H3;/q-1;/t37-,40+;/m1./s1. The summed E-state index contributed by atoms with van der Waals surface area (Å²) in [5.41, 5.74) is 9.98. The molecule has 6 heteroatoms. The largest absolute Gasteiger partial charge is 0.507 e. The van der Waals surface area contributed by atoms with Crippen LogP contribution in [0.15, 0.2) is 126 Å². The molecule has 1 N–H and O–H groups in total. The van der Waals surface area contributed by atoms with Gasteiger partial charge in [-0.2, -0.15) is 0 Å². The second-order valence-electron chi connectivity index (χ2n) is 13.8. The van der Waals surface area contributed by atoms with Crippen LogP contribution >= 0.6 is 0 Å². The number of fused-ring (bicyclic) bond motifs is 5. The van der Waals surface area contributed by atoms with E-state index in [1.165, 1.54) is 16.7 Å². The van der Waals surface area contributed by atoms with Gasteiger partial charge in [0, 0.05) is 33.2 Å². The third-order valence-corrected chi connectivity index (χ3v) is 9.79. The molecule has 49 heavy (non-hydrogen) atoms. The van der Waals surface area contributed by atoms with Crippen molar-refractivity contribution in [2.75, 3.05) is 0 Å². The number of aliphatic imine (C=N–C) groups is 1. The molecule has 0 radical (unpaired) electrons. The number of hydrogen-bond acceptors (Lipinski definition) is 4. The van der Waals surface area contributed by atoms with E-state index in [-0.39, 0.29) is 44.4 Å². The molecule has 5 nitrogen and oxygen atoms in total. The van der Waals surface area contributed by atoms with Crippen LogP contribution in [0, 0.1) is 6.07 Å². The minimum absolute atomic E-state index is 0. The molecule has 1 aliphatic heterocycles. The van der Waals surface area contributed by atoms with E-state index in [9.17, 15) is 5.11 Å². The van der Waals surface area contributed by atoms with Gasteiger partial charge in [-0.25, -0.2) is 4.98 Å². The second kappa shape index (κ2) is 11.9. The Morgan fingerprint density at radius 2 is 1.55 bits per heavy atom. The Morgan fingerprint density at radius 1 is 0.796 bits per heavy atom. The maximum atomic E-state index is 11.4. The van der Waals surface area contributed by atoms with E-state index in [2.05, 4.69) is 110 Å². The van der Waals surface area contributed by atoms with Gasteiger partial charge in [0.05, 0.1) is 16.6 Å². The van der Waals surface area contributed by atoms with Crippen LogP contribution in [0.4, 0.5) is 0 Å². The SMILES string of the molecule is CC(C)(C)c1ccc(-n2c(-c3c(O)ccc4ccccc34)nc3c(-c4[c-]c(C5=N[C@H]6c7ccccc7C[C@H]6O5)ccc4)cccc32)cc1.[Pt]. The van der Waals surface area contributed by atoms with Gasteiger partial charge in [-0.05, 0) is 57.1 Å². The Hall–Kier alpha value is -4.99. The van der Waals surface area contributed by atoms with Gasteiger partial charge in [-0.15, -0.1) is 29.8 Å². The molecule has 0 unspecified atom stereocenters. The van der Waals surface area contributed by atoms with Crippen molar-refractivity contribution in [2.45, 2.75) is 44.8 Å². The Balaban J connectivity index is 0.00000348. The molecule has 2 atom stereocenters. The summed E-state index contributed by atoms with van der Waals surface area (Å²) >= 11 is 0. The fraction of sp³-hybridized carbons (Fsp3) is 0.163. The van der Waals surface area contributed by atoms with Crippen LogP contribution in [0.5, 0.6) is 5.75 Å². The van der Waals surface area contributed by atoms with E-state index in [4.69, 9.17) is 14.7 Å². The first-order valence-electron chi connectivity index (χ1n) is 16.5. The first kappa shape index (κ1) is 31.3. The fourth-order valence-electron chi connectivity index (χ4n) is 7.33. The van der Waals surface area contributed by atoms with Crippen LogP contribution in [0.2, 0.25) is 0 Å². The number of benzene rings is 6. The summed E-state index contributed by atoms with van der Waals surface area (Å²) < 4.78 is 8.60. The van der Waals surface area contributed by atoms with Crippen molar-refractivity contribution in [3.63, 3.8) is 0 Å². The molecule has 2 heterocycles. The van der Waals surface area contributed by atoms with Crippen molar-refractivity contribution in [1.29, 1.82) is 0 Å². The van der Waals surface area contributed by atoms with Crippen molar-refractivity contribution >= 4 is 27.7 Å². The number of rotatable bonds is 4. The van der Waals surface area contributed by atoms with E-state index in [0.717, 1.165) is 50.6 Å². The minimum atomic E-state index is 0. The molecule has 1 aromatic heterocycles. The maximum absolute atomic E-state index is 11.4. The topological polar surface area (TPSA) is 59.6 Å². The van der Waals surface area contributed by atoms with Crippen LogP contribution < -0.4 is 0 Å². The third-order valence-electron chi connectivity index (χ3n) is 9.79. The predicted octanol–water partition coefficient (Wildman–Crippen LogP) is 9.76. The van der Waals surface area contributed by atoms with Gasteiger partial charge in [0.1, 0.15) is 29.6 Å². The van der Waals surface area contributed by atoms with Crippen LogP contribution in [-0.4, -0.2) is 26.7 Å². The first-order chi connectivity index (χ1) is 23.3. The summed E-state index contributed by atoms with van der Waals surface area (Å²) in [7, 11) is 0. The van der Waals surface area contributed by atoms with E-state index >= 15 is 0 Å². The zero-order valence-corrected chi connectivity index (χ0v) is 29.7. The van der Waals surface area contributed by atoms with Crippen molar-refractivity contribution in [3.05, 3.63) is 150 Å². The zero-order valence-electron chi connectivity index (χ0n) is 27.4. The molecule has 0 bridgehead atoms. The number of para-hydroxylation sites is 1. The van der Waals surface area contributed by atoms with Crippen molar-refractivity contribution < 1.29 is 30.9 Å². The Bertz CT molecular complexity index is 2420. The number of ether oxygens (including phenoxy) is 1. The number of aromatic hydroxyl groups is 1. The average molecular weight is 820 g/mol. The third kappa shape index (κ3) is 5.19. The van der Waals surface area contributed by atoms with Crippen molar-refractivity contribution in [1.82, 2.24) is 9.55 Å². The van der Waals surface area contributed by atoms with Gasteiger partial charge in [0.25, 0.3) is 0 Å². The molecule has 0 saturated heterocycles. The quantitative estimate of drug-likeness (QED) is 0.180. The molecule has 6 aromatic carbocycles. The van der Waals surface area contributed by atoms with Gasteiger partial charge in [0.15, 0.2) is 0 Å². The van der Waals surface area contributed by atoms with Gasteiger partial charge in [-0.1, -0.05) is 111 Å². The predicted molar refractivity (Wildman–Crippen MR) is 193 cm³/mol. The normalized spacial score (nSPS) is 16.6. The summed E-state index contributed by atoms with van der Waals surface area (Å²) in [6, 6.07) is 45.0. The van der Waals surface area contributed by atoms with Crippen LogP contribution in [0.3, 0.4) is 0 Å². The molecule has 7 aromatic rings. The Morgan fingerprint density at radius 3 is 2.39 bits per heavy atom. The number of phenolic OH excluding ortho intramolecular Hbond substituents is 1.